The molecule has 3 rings (SSSR count). The van der Waals surface area contributed by atoms with E-state index in [1.165, 1.54) is 0 Å². The third-order valence-electron chi connectivity index (χ3n) is 2.69. The van der Waals surface area contributed by atoms with Crippen molar-refractivity contribution in [3.63, 3.8) is 0 Å². The van der Waals surface area contributed by atoms with Gasteiger partial charge in [0.1, 0.15) is 11.2 Å². The molecule has 15 heavy (non-hydrogen) atoms. The van der Waals surface area contributed by atoms with Crippen LogP contribution in [0.25, 0.3) is 5.65 Å². The van der Waals surface area contributed by atoms with E-state index < -0.39 is 0 Å². The predicted octanol–water partition coefficient (Wildman–Crippen LogP) is 1.07. The molecule has 1 saturated heterocycles. The predicted molar refractivity (Wildman–Crippen MR) is 57.1 cm³/mol. The normalized spacial score (nSPS) is 18.7. The molecule has 4 heteroatoms. The zero-order chi connectivity index (χ0) is 10.3. The molecule has 0 aromatic carbocycles. The first-order valence-electron chi connectivity index (χ1n) is 5.09. The molecule has 2 aromatic heterocycles. The fourth-order valence-corrected chi connectivity index (χ4v) is 1.76. The van der Waals surface area contributed by atoms with Gasteiger partial charge in [-0.1, -0.05) is 6.07 Å². The molecule has 0 atom stereocenters. The molecular formula is C11H13N3O. The molecule has 2 aromatic rings. The second-order valence-electron chi connectivity index (χ2n) is 4.20. The van der Waals surface area contributed by atoms with Crippen molar-refractivity contribution in [1.82, 2.24) is 14.7 Å². The maximum atomic E-state index is 5.83. The molecule has 1 N–H and O–H groups in total. The van der Waals surface area contributed by atoms with Crippen molar-refractivity contribution in [2.75, 3.05) is 13.1 Å². The molecule has 1 fully saturated rings. The van der Waals surface area contributed by atoms with Crippen LogP contribution in [0, 0.1) is 0 Å². The van der Waals surface area contributed by atoms with E-state index in [1.807, 2.05) is 35.0 Å². The Balaban J connectivity index is 1.91. The number of ether oxygens (including phenoxy) is 1. The summed E-state index contributed by atoms with van der Waals surface area (Å²) in [5, 5.41) is 3.20. The Hall–Kier alpha value is -1.55. The van der Waals surface area contributed by atoms with Gasteiger partial charge < -0.3 is 14.5 Å². The minimum atomic E-state index is -0.0854. The van der Waals surface area contributed by atoms with E-state index >= 15 is 0 Å². The third-order valence-corrected chi connectivity index (χ3v) is 2.69. The Kier molecular flexibility index (Phi) is 1.73. The van der Waals surface area contributed by atoms with Gasteiger partial charge in [-0.05, 0) is 19.1 Å². The maximum absolute atomic E-state index is 5.83. The summed E-state index contributed by atoms with van der Waals surface area (Å²) in [5.41, 5.74) is 0.834. The lowest BCUT2D eigenvalue weighted by molar-refractivity contribution is 0.0310. The van der Waals surface area contributed by atoms with E-state index in [4.69, 9.17) is 4.74 Å². The second-order valence-corrected chi connectivity index (χ2v) is 4.20. The van der Waals surface area contributed by atoms with Crippen LogP contribution in [-0.4, -0.2) is 28.1 Å². The van der Waals surface area contributed by atoms with E-state index in [0.29, 0.717) is 5.88 Å². The molecule has 0 unspecified atom stereocenters. The number of pyridine rings is 1. The maximum Gasteiger partial charge on any atom is 0.233 e. The van der Waals surface area contributed by atoms with Crippen LogP contribution in [0.3, 0.4) is 0 Å². The molecule has 0 amide bonds. The van der Waals surface area contributed by atoms with Gasteiger partial charge >= 0.3 is 0 Å². The lowest BCUT2D eigenvalue weighted by Crippen LogP contribution is -2.61. The van der Waals surface area contributed by atoms with E-state index in [1.54, 1.807) is 0 Å². The highest BCUT2D eigenvalue weighted by atomic mass is 16.5. The van der Waals surface area contributed by atoms with Gasteiger partial charge in [-0.25, -0.2) is 0 Å². The van der Waals surface area contributed by atoms with Gasteiger partial charge in [0.05, 0.1) is 6.20 Å². The summed E-state index contributed by atoms with van der Waals surface area (Å²) in [4.78, 5) is 4.39. The van der Waals surface area contributed by atoms with Crippen molar-refractivity contribution in [1.29, 1.82) is 0 Å². The molecule has 0 bridgehead atoms. The third kappa shape index (κ3) is 1.47. The molecule has 3 heterocycles. The first kappa shape index (κ1) is 8.73. The van der Waals surface area contributed by atoms with Gasteiger partial charge in [0, 0.05) is 19.3 Å². The van der Waals surface area contributed by atoms with Gasteiger partial charge in [-0.15, -0.1) is 0 Å². The number of rotatable bonds is 2. The molecule has 0 spiro atoms. The molecule has 4 nitrogen and oxygen atoms in total. The number of aromatic nitrogens is 2. The van der Waals surface area contributed by atoms with Crippen LogP contribution in [0.4, 0.5) is 0 Å². The van der Waals surface area contributed by atoms with Crippen LogP contribution in [0.1, 0.15) is 6.92 Å². The summed E-state index contributed by atoms with van der Waals surface area (Å²) in [5.74, 6) is 0.699. The lowest BCUT2D eigenvalue weighted by atomic mass is 10.0. The van der Waals surface area contributed by atoms with E-state index in [-0.39, 0.29) is 5.60 Å². The highest BCUT2D eigenvalue weighted by Crippen LogP contribution is 2.21. The van der Waals surface area contributed by atoms with Crippen LogP contribution >= 0.6 is 0 Å². The minimum Gasteiger partial charge on any atom is -0.468 e. The largest absolute Gasteiger partial charge is 0.468 e. The number of fused-ring (bicyclic) bond motifs is 1. The average molecular weight is 203 g/mol. The summed E-state index contributed by atoms with van der Waals surface area (Å²) in [6.45, 7) is 3.87. The Morgan fingerprint density at radius 3 is 3.00 bits per heavy atom. The Morgan fingerprint density at radius 2 is 2.33 bits per heavy atom. The molecule has 0 radical (unpaired) electrons. The van der Waals surface area contributed by atoms with Gasteiger partial charge in [0.2, 0.25) is 5.88 Å². The Labute approximate surface area is 87.9 Å². The van der Waals surface area contributed by atoms with Gasteiger partial charge in [0.25, 0.3) is 0 Å². The van der Waals surface area contributed by atoms with Crippen molar-refractivity contribution < 1.29 is 4.74 Å². The zero-order valence-electron chi connectivity index (χ0n) is 8.60. The standard InChI is InChI=1S/C11H13N3O/c1-11(7-12-8-11)15-10-6-14-5-3-2-4-9(14)13-10/h2-6,12H,7-8H2,1H3. The van der Waals surface area contributed by atoms with Crippen LogP contribution in [0.15, 0.2) is 30.6 Å². The summed E-state index contributed by atoms with van der Waals surface area (Å²) in [7, 11) is 0. The average Bonchev–Trinajstić information content (AvgIpc) is 2.57. The number of nitrogens with zero attached hydrogens (tertiary/aromatic N) is 2. The summed E-state index contributed by atoms with van der Waals surface area (Å²) < 4.78 is 7.79. The van der Waals surface area contributed by atoms with Crippen molar-refractivity contribution in [3.05, 3.63) is 30.6 Å². The number of nitrogens with one attached hydrogen (secondary N) is 1. The number of imidazole rings is 1. The smallest absolute Gasteiger partial charge is 0.233 e. The van der Waals surface area contributed by atoms with Crippen LogP contribution in [-0.2, 0) is 0 Å². The van der Waals surface area contributed by atoms with Crippen molar-refractivity contribution in [3.8, 4) is 5.88 Å². The second kappa shape index (κ2) is 2.97. The van der Waals surface area contributed by atoms with E-state index in [9.17, 15) is 0 Å². The Bertz CT molecular complexity index is 454. The fourth-order valence-electron chi connectivity index (χ4n) is 1.76. The van der Waals surface area contributed by atoms with Crippen molar-refractivity contribution in [2.45, 2.75) is 12.5 Å². The first-order chi connectivity index (χ1) is 7.25. The lowest BCUT2D eigenvalue weighted by Gasteiger charge is -2.38. The summed E-state index contributed by atoms with van der Waals surface area (Å²) in [6.07, 6.45) is 3.88. The molecule has 0 saturated carbocycles. The molecule has 1 aliphatic rings. The molecular weight excluding hydrogens is 190 g/mol. The summed E-state index contributed by atoms with van der Waals surface area (Å²) >= 11 is 0. The van der Waals surface area contributed by atoms with Crippen LogP contribution < -0.4 is 10.1 Å². The summed E-state index contributed by atoms with van der Waals surface area (Å²) in [6, 6.07) is 5.91. The molecule has 1 aliphatic heterocycles. The fraction of sp³-hybridized carbons (Fsp3) is 0.364. The quantitative estimate of drug-likeness (QED) is 0.793. The van der Waals surface area contributed by atoms with Gasteiger partial charge in [-0.3, -0.25) is 0 Å². The number of hydrogen-bond acceptors (Lipinski definition) is 3. The van der Waals surface area contributed by atoms with Crippen molar-refractivity contribution >= 4 is 5.65 Å². The SMILES string of the molecule is CC1(Oc2cn3ccccc3n2)CNC1. The van der Waals surface area contributed by atoms with E-state index in [0.717, 1.165) is 18.7 Å². The van der Waals surface area contributed by atoms with Crippen molar-refractivity contribution in [2.24, 2.45) is 0 Å². The van der Waals surface area contributed by atoms with Gasteiger partial charge in [0.15, 0.2) is 0 Å². The first-order valence-corrected chi connectivity index (χ1v) is 5.09. The monoisotopic (exact) mass is 203 g/mol. The van der Waals surface area contributed by atoms with Crippen LogP contribution in [0.2, 0.25) is 0 Å². The topological polar surface area (TPSA) is 38.6 Å². The van der Waals surface area contributed by atoms with E-state index in [2.05, 4.69) is 17.2 Å². The van der Waals surface area contributed by atoms with Gasteiger partial charge in [-0.2, -0.15) is 4.98 Å². The van der Waals surface area contributed by atoms with Crippen LogP contribution in [0.5, 0.6) is 5.88 Å². The molecule has 78 valence electrons. The highest BCUT2D eigenvalue weighted by Gasteiger charge is 2.34. The number of hydrogen-bond donors (Lipinski definition) is 1. The highest BCUT2D eigenvalue weighted by molar-refractivity contribution is 5.41. The zero-order valence-corrected chi connectivity index (χ0v) is 8.60. The Morgan fingerprint density at radius 1 is 1.47 bits per heavy atom. The molecule has 0 aliphatic carbocycles. The minimum absolute atomic E-state index is 0.0854.